The van der Waals surface area contributed by atoms with Crippen molar-refractivity contribution >= 4 is 34.5 Å². The van der Waals surface area contributed by atoms with Crippen LogP contribution >= 0.6 is 11.8 Å². The van der Waals surface area contributed by atoms with Gasteiger partial charge in [-0.25, -0.2) is 9.79 Å². The second kappa shape index (κ2) is 7.94. The molecule has 4 rings (SSSR count). The minimum Gasteiger partial charge on any atom is -0.466 e. The van der Waals surface area contributed by atoms with E-state index in [-0.39, 0.29) is 24.1 Å². The third-order valence-corrected chi connectivity index (χ3v) is 6.00. The summed E-state index contributed by atoms with van der Waals surface area (Å²) >= 11 is 1.38. The summed E-state index contributed by atoms with van der Waals surface area (Å²) in [6, 6.07) is 5.69. The molecule has 156 valence electrons. The summed E-state index contributed by atoms with van der Waals surface area (Å²) in [6.45, 7) is 1.73. The number of amides is 1. The molecule has 1 N–H and O–H groups in total. The molecule has 1 fully saturated rings. The van der Waals surface area contributed by atoms with Gasteiger partial charge in [-0.3, -0.25) is 14.9 Å². The predicted molar refractivity (Wildman–Crippen MR) is 111 cm³/mol. The molecule has 3 aliphatic rings. The average molecular weight is 428 g/mol. The number of nitrogens with one attached hydrogen (secondary N) is 1. The van der Waals surface area contributed by atoms with Crippen LogP contribution in [-0.4, -0.2) is 40.0 Å². The number of ether oxygens (including phenoxy) is 1. The molecule has 1 aliphatic carbocycles. The molecule has 0 unspecified atom stereocenters. The van der Waals surface area contributed by atoms with E-state index in [9.17, 15) is 19.7 Å². The Bertz CT molecular complexity index is 1010. The molecule has 0 saturated heterocycles. The predicted octanol–water partition coefficient (Wildman–Crippen LogP) is 3.01. The highest BCUT2D eigenvalue weighted by molar-refractivity contribution is 8.16. The van der Waals surface area contributed by atoms with Crippen LogP contribution in [0.5, 0.6) is 0 Å². The normalized spacial score (nSPS) is 20.3. The number of carbonyl (C=O) groups excluding carboxylic acids is 2. The number of hydrogen-bond donors (Lipinski definition) is 1. The molecule has 2 aliphatic heterocycles. The van der Waals surface area contributed by atoms with Gasteiger partial charge in [0.2, 0.25) is 5.91 Å². The highest BCUT2D eigenvalue weighted by Gasteiger charge is 2.41. The van der Waals surface area contributed by atoms with E-state index in [0.717, 1.165) is 12.8 Å². The zero-order valence-corrected chi connectivity index (χ0v) is 17.3. The van der Waals surface area contributed by atoms with E-state index >= 15 is 0 Å². The first-order chi connectivity index (χ1) is 14.4. The van der Waals surface area contributed by atoms with Crippen LogP contribution in [0.1, 0.15) is 37.8 Å². The number of esters is 1. The van der Waals surface area contributed by atoms with Crippen LogP contribution in [0.4, 0.5) is 5.69 Å². The van der Waals surface area contributed by atoms with Crippen LogP contribution in [0, 0.1) is 10.1 Å². The monoisotopic (exact) mass is 428 g/mol. The maximum absolute atomic E-state index is 12.6. The number of methoxy groups -OCH3 is 1. The van der Waals surface area contributed by atoms with Crippen molar-refractivity contribution in [1.82, 2.24) is 10.2 Å². The van der Waals surface area contributed by atoms with Crippen LogP contribution in [0.2, 0.25) is 0 Å². The van der Waals surface area contributed by atoms with E-state index in [1.54, 1.807) is 19.1 Å². The molecule has 9 nitrogen and oxygen atoms in total. The maximum Gasteiger partial charge on any atom is 0.338 e. The lowest BCUT2D eigenvalue weighted by molar-refractivity contribution is -0.384. The number of allylic oxidation sites excluding steroid dienone is 1. The van der Waals surface area contributed by atoms with E-state index in [1.807, 2.05) is 10.3 Å². The Labute approximate surface area is 177 Å². The Morgan fingerprint density at radius 3 is 2.63 bits per heavy atom. The van der Waals surface area contributed by atoms with Gasteiger partial charge < -0.3 is 15.0 Å². The quantitative estimate of drug-likeness (QED) is 0.421. The number of rotatable bonds is 6. The smallest absolute Gasteiger partial charge is 0.338 e. The van der Waals surface area contributed by atoms with Gasteiger partial charge in [-0.05, 0) is 42.9 Å². The van der Waals surface area contributed by atoms with Crippen molar-refractivity contribution in [2.75, 3.05) is 7.11 Å². The van der Waals surface area contributed by atoms with Crippen molar-refractivity contribution < 1.29 is 19.2 Å². The van der Waals surface area contributed by atoms with Crippen LogP contribution in [-0.2, 0) is 14.3 Å². The number of carbonyl (C=O) groups is 2. The summed E-state index contributed by atoms with van der Waals surface area (Å²) in [5, 5.41) is 16.5. The van der Waals surface area contributed by atoms with Gasteiger partial charge in [0.15, 0.2) is 5.17 Å². The van der Waals surface area contributed by atoms with Crippen molar-refractivity contribution in [3.05, 3.63) is 62.3 Å². The third-order valence-electron chi connectivity index (χ3n) is 5.11. The zero-order valence-electron chi connectivity index (χ0n) is 16.5. The number of benzene rings is 1. The number of non-ortho nitro benzene ring substituents is 1. The van der Waals surface area contributed by atoms with Crippen molar-refractivity contribution in [2.24, 2.45) is 4.99 Å². The summed E-state index contributed by atoms with van der Waals surface area (Å²) in [4.78, 5) is 42.0. The standard InChI is InChI=1S/C20H20N4O5S/c1-11-17(19(26)29-2)18(12-3-7-14(8-4-12)24(27)28)23-15(10-30-20(23)21-11)9-16(25)22-13-5-6-13/h3-4,7-8,10,13,18H,5-6,9H2,1-2H3,(H,22,25)/t18-/m1/s1. The fourth-order valence-electron chi connectivity index (χ4n) is 3.51. The van der Waals surface area contributed by atoms with Crippen molar-refractivity contribution in [3.8, 4) is 0 Å². The molecule has 1 aromatic carbocycles. The molecule has 0 radical (unpaired) electrons. The number of aliphatic imine (C=N–C) groups is 1. The Hall–Kier alpha value is -3.14. The first kappa shape index (κ1) is 20.1. The second-order valence-corrected chi connectivity index (χ2v) is 8.09. The molecule has 0 aromatic heterocycles. The highest BCUT2D eigenvalue weighted by atomic mass is 32.2. The molecule has 0 bridgehead atoms. The lowest BCUT2D eigenvalue weighted by Gasteiger charge is -2.36. The van der Waals surface area contributed by atoms with Crippen molar-refractivity contribution in [3.63, 3.8) is 0 Å². The van der Waals surface area contributed by atoms with Gasteiger partial charge in [-0.1, -0.05) is 11.8 Å². The number of thioether (sulfide) groups is 1. The number of hydrogen-bond acceptors (Lipinski definition) is 8. The van der Waals surface area contributed by atoms with Crippen LogP contribution in [0.3, 0.4) is 0 Å². The van der Waals surface area contributed by atoms with Crippen LogP contribution < -0.4 is 5.32 Å². The van der Waals surface area contributed by atoms with Gasteiger partial charge in [-0.15, -0.1) is 0 Å². The van der Waals surface area contributed by atoms with Gasteiger partial charge in [0.05, 0.1) is 35.8 Å². The summed E-state index contributed by atoms with van der Waals surface area (Å²) in [5.74, 6) is -0.615. The Morgan fingerprint density at radius 2 is 2.03 bits per heavy atom. The minimum absolute atomic E-state index is 0.0425. The van der Waals surface area contributed by atoms with Gasteiger partial charge in [0, 0.05) is 23.9 Å². The molecule has 30 heavy (non-hydrogen) atoms. The Morgan fingerprint density at radius 1 is 1.33 bits per heavy atom. The molecule has 1 aromatic rings. The summed E-state index contributed by atoms with van der Waals surface area (Å²) in [6.07, 6.45) is 2.14. The number of nitro benzene ring substituents is 1. The van der Waals surface area contributed by atoms with E-state index in [2.05, 4.69) is 10.3 Å². The number of fused-ring (bicyclic) bond motifs is 1. The molecule has 0 spiro atoms. The summed E-state index contributed by atoms with van der Waals surface area (Å²) in [7, 11) is 1.30. The molecule has 1 saturated carbocycles. The molecular formula is C20H20N4O5S. The lowest BCUT2D eigenvalue weighted by atomic mass is 9.93. The summed E-state index contributed by atoms with van der Waals surface area (Å²) < 4.78 is 4.99. The first-order valence-corrected chi connectivity index (χ1v) is 10.3. The van der Waals surface area contributed by atoms with Crippen LogP contribution in [0.25, 0.3) is 0 Å². The van der Waals surface area contributed by atoms with Gasteiger partial charge in [0.25, 0.3) is 5.69 Å². The summed E-state index contributed by atoms with van der Waals surface area (Å²) in [5.41, 5.74) is 2.20. The molecule has 2 heterocycles. The lowest BCUT2D eigenvalue weighted by Crippen LogP contribution is -2.38. The number of amidine groups is 1. The van der Waals surface area contributed by atoms with E-state index in [4.69, 9.17) is 4.74 Å². The van der Waals surface area contributed by atoms with Gasteiger partial charge >= 0.3 is 5.97 Å². The topological polar surface area (TPSA) is 114 Å². The molecule has 10 heteroatoms. The van der Waals surface area contributed by atoms with E-state index in [1.165, 1.54) is 31.0 Å². The molecule has 1 atom stereocenters. The molecule has 1 amide bonds. The first-order valence-electron chi connectivity index (χ1n) is 9.45. The van der Waals surface area contributed by atoms with Gasteiger partial charge in [-0.2, -0.15) is 0 Å². The average Bonchev–Trinajstić information content (AvgIpc) is 3.45. The second-order valence-electron chi connectivity index (χ2n) is 7.25. The van der Waals surface area contributed by atoms with Crippen molar-refractivity contribution in [1.29, 1.82) is 0 Å². The minimum atomic E-state index is -0.597. The van der Waals surface area contributed by atoms with Crippen molar-refractivity contribution in [2.45, 2.75) is 38.3 Å². The van der Waals surface area contributed by atoms with E-state index in [0.29, 0.717) is 27.7 Å². The fraction of sp³-hybridized carbons (Fsp3) is 0.350. The fourth-order valence-corrected chi connectivity index (χ4v) is 4.47. The maximum atomic E-state index is 12.6. The highest BCUT2D eigenvalue weighted by Crippen LogP contribution is 2.45. The zero-order chi connectivity index (χ0) is 21.4. The SMILES string of the molecule is COC(=O)C1=C(C)N=C2SC=C(CC(=O)NC3CC3)N2[C@@H]1c1ccc([N+](=O)[O-])cc1. The Kier molecular flexibility index (Phi) is 5.33. The van der Waals surface area contributed by atoms with Crippen LogP contribution in [0.15, 0.2) is 51.6 Å². The van der Waals surface area contributed by atoms with E-state index < -0.39 is 16.9 Å². The molecular weight excluding hydrogens is 408 g/mol. The van der Waals surface area contributed by atoms with Gasteiger partial charge in [0.1, 0.15) is 0 Å². The largest absolute Gasteiger partial charge is 0.466 e. The Balaban J connectivity index is 1.71. The number of nitro groups is 1. The number of nitrogens with zero attached hydrogens (tertiary/aromatic N) is 3. The third kappa shape index (κ3) is 3.82.